The van der Waals surface area contributed by atoms with Crippen molar-refractivity contribution in [2.45, 2.75) is 32.4 Å². The third kappa shape index (κ3) is 2.82. The summed E-state index contributed by atoms with van der Waals surface area (Å²) in [4.78, 5) is 14.8. The van der Waals surface area contributed by atoms with E-state index < -0.39 is 6.10 Å². The van der Waals surface area contributed by atoms with Crippen LogP contribution in [0.15, 0.2) is 48.5 Å². The number of benzene rings is 2. The van der Waals surface area contributed by atoms with Gasteiger partial charge in [-0.25, -0.2) is 0 Å². The molecular formula is C19H22N2O2. The first-order chi connectivity index (χ1) is 11.2. The van der Waals surface area contributed by atoms with Crippen LogP contribution in [0.3, 0.4) is 0 Å². The normalized spacial score (nSPS) is 18.3. The van der Waals surface area contributed by atoms with Crippen LogP contribution in [0.5, 0.6) is 5.75 Å². The second kappa shape index (κ2) is 6.42. The molecule has 3 rings (SSSR count). The number of rotatable bonds is 4. The van der Waals surface area contributed by atoms with Gasteiger partial charge in [0.15, 0.2) is 0 Å². The van der Waals surface area contributed by atoms with E-state index in [2.05, 4.69) is 6.92 Å². The topological polar surface area (TPSA) is 55.6 Å². The number of hydrogen-bond acceptors (Lipinski definition) is 3. The molecule has 4 nitrogen and oxygen atoms in total. The fourth-order valence-corrected chi connectivity index (χ4v) is 2.89. The minimum absolute atomic E-state index is 0.0603. The number of ether oxygens (including phenoxy) is 1. The lowest BCUT2D eigenvalue weighted by Crippen LogP contribution is -2.48. The number of nitrogens with zero attached hydrogens (tertiary/aromatic N) is 1. The first-order valence-corrected chi connectivity index (χ1v) is 8.03. The second-order valence-corrected chi connectivity index (χ2v) is 5.86. The average molecular weight is 310 g/mol. The Morgan fingerprint density at radius 2 is 1.96 bits per heavy atom. The summed E-state index contributed by atoms with van der Waals surface area (Å²) in [6.07, 6.45) is 0.291. The van der Waals surface area contributed by atoms with Crippen LogP contribution >= 0.6 is 0 Å². The summed E-state index contributed by atoms with van der Waals surface area (Å²) in [5, 5.41) is 0. The molecule has 4 heteroatoms. The predicted octanol–water partition coefficient (Wildman–Crippen LogP) is 3.06. The second-order valence-electron chi connectivity index (χ2n) is 5.86. The highest BCUT2D eigenvalue weighted by molar-refractivity contribution is 6.01. The zero-order chi connectivity index (χ0) is 16.4. The Kier molecular flexibility index (Phi) is 4.35. The fraction of sp³-hybridized carbons (Fsp3) is 0.316. The molecule has 0 aliphatic carbocycles. The van der Waals surface area contributed by atoms with Crippen molar-refractivity contribution in [3.8, 4) is 5.75 Å². The van der Waals surface area contributed by atoms with Crippen LogP contribution in [-0.2, 0) is 11.2 Å². The molecule has 2 atom stereocenters. The van der Waals surface area contributed by atoms with Crippen LogP contribution in [0.25, 0.3) is 0 Å². The number of carbonyl (C=O) groups excluding carboxylic acids is 1. The number of amides is 1. The molecule has 2 unspecified atom stereocenters. The van der Waals surface area contributed by atoms with Crippen LogP contribution in [-0.4, -0.2) is 18.5 Å². The number of fused-ring (bicyclic) bond motifs is 1. The van der Waals surface area contributed by atoms with Gasteiger partial charge in [0.05, 0.1) is 5.69 Å². The van der Waals surface area contributed by atoms with E-state index in [0.29, 0.717) is 6.54 Å². The molecule has 0 bridgehead atoms. The molecule has 1 aliphatic heterocycles. The molecule has 1 heterocycles. The van der Waals surface area contributed by atoms with E-state index in [-0.39, 0.29) is 11.9 Å². The van der Waals surface area contributed by atoms with Crippen molar-refractivity contribution < 1.29 is 9.53 Å². The van der Waals surface area contributed by atoms with Crippen molar-refractivity contribution in [3.05, 3.63) is 59.7 Å². The van der Waals surface area contributed by atoms with E-state index in [0.717, 1.165) is 23.4 Å². The lowest BCUT2D eigenvalue weighted by Gasteiger charge is -2.38. The summed E-state index contributed by atoms with van der Waals surface area (Å²) in [7, 11) is 0. The number of carbonyl (C=O) groups is 1. The third-order valence-electron chi connectivity index (χ3n) is 4.28. The predicted molar refractivity (Wildman–Crippen MR) is 91.6 cm³/mol. The highest BCUT2D eigenvalue weighted by atomic mass is 16.5. The van der Waals surface area contributed by atoms with Gasteiger partial charge in [-0.05, 0) is 31.0 Å². The Morgan fingerprint density at radius 1 is 1.22 bits per heavy atom. The monoisotopic (exact) mass is 310 g/mol. The molecule has 0 aromatic heterocycles. The van der Waals surface area contributed by atoms with E-state index >= 15 is 0 Å². The molecule has 0 saturated carbocycles. The highest BCUT2D eigenvalue weighted by Gasteiger charge is 2.37. The molecule has 120 valence electrons. The SMILES string of the molecule is CCc1ccc2c(c1)N(C(C)CN)C(=O)C(c1ccccc1)O2. The van der Waals surface area contributed by atoms with Crippen LogP contribution < -0.4 is 15.4 Å². The molecule has 2 aromatic rings. The van der Waals surface area contributed by atoms with Crippen molar-refractivity contribution in [2.75, 3.05) is 11.4 Å². The Hall–Kier alpha value is -2.33. The van der Waals surface area contributed by atoms with Gasteiger partial charge in [0.25, 0.3) is 5.91 Å². The summed E-state index contributed by atoms with van der Waals surface area (Å²) in [6.45, 7) is 4.47. The Balaban J connectivity index is 2.08. The number of aryl methyl sites for hydroxylation is 1. The summed E-state index contributed by atoms with van der Waals surface area (Å²) in [5.74, 6) is 0.672. The van der Waals surface area contributed by atoms with Gasteiger partial charge in [0.1, 0.15) is 5.75 Å². The standard InChI is InChI=1S/C19H22N2O2/c1-3-14-9-10-17-16(11-14)21(13(2)12-20)19(22)18(23-17)15-7-5-4-6-8-15/h4-11,13,18H,3,12,20H2,1-2H3. The van der Waals surface area contributed by atoms with Crippen LogP contribution in [0.1, 0.15) is 31.1 Å². The largest absolute Gasteiger partial charge is 0.474 e. The van der Waals surface area contributed by atoms with E-state index in [9.17, 15) is 4.79 Å². The maximum Gasteiger partial charge on any atom is 0.273 e. The first-order valence-electron chi connectivity index (χ1n) is 8.03. The van der Waals surface area contributed by atoms with Crippen molar-refractivity contribution in [3.63, 3.8) is 0 Å². The van der Waals surface area contributed by atoms with Crippen LogP contribution in [0.4, 0.5) is 5.69 Å². The van der Waals surface area contributed by atoms with E-state index in [1.54, 1.807) is 4.90 Å². The molecule has 1 aliphatic rings. The van der Waals surface area contributed by atoms with Crippen molar-refractivity contribution in [1.82, 2.24) is 0 Å². The summed E-state index contributed by atoms with van der Waals surface area (Å²) in [6, 6.07) is 15.5. The van der Waals surface area contributed by atoms with E-state index in [4.69, 9.17) is 10.5 Å². The first kappa shape index (κ1) is 15.6. The van der Waals surface area contributed by atoms with Gasteiger partial charge in [-0.3, -0.25) is 4.79 Å². The fourth-order valence-electron chi connectivity index (χ4n) is 2.89. The van der Waals surface area contributed by atoms with Crippen LogP contribution in [0.2, 0.25) is 0 Å². The average Bonchev–Trinajstić information content (AvgIpc) is 2.60. The van der Waals surface area contributed by atoms with Gasteiger partial charge < -0.3 is 15.4 Å². The Labute approximate surface area is 136 Å². The zero-order valence-corrected chi connectivity index (χ0v) is 13.5. The molecule has 23 heavy (non-hydrogen) atoms. The number of hydrogen-bond donors (Lipinski definition) is 1. The van der Waals surface area contributed by atoms with Gasteiger partial charge in [0.2, 0.25) is 6.10 Å². The van der Waals surface area contributed by atoms with Crippen molar-refractivity contribution >= 4 is 11.6 Å². The van der Waals surface area contributed by atoms with Crippen LogP contribution in [0, 0.1) is 0 Å². The molecule has 0 radical (unpaired) electrons. The molecule has 2 aromatic carbocycles. The quantitative estimate of drug-likeness (QED) is 0.944. The van der Waals surface area contributed by atoms with E-state index in [1.165, 1.54) is 5.56 Å². The Bertz CT molecular complexity index is 700. The zero-order valence-electron chi connectivity index (χ0n) is 13.5. The molecule has 0 fully saturated rings. The van der Waals surface area contributed by atoms with Gasteiger partial charge in [-0.1, -0.05) is 43.3 Å². The molecule has 1 amide bonds. The third-order valence-corrected chi connectivity index (χ3v) is 4.28. The van der Waals surface area contributed by atoms with Crippen molar-refractivity contribution in [2.24, 2.45) is 5.73 Å². The lowest BCUT2D eigenvalue weighted by molar-refractivity contribution is -0.127. The summed E-state index contributed by atoms with van der Waals surface area (Å²) >= 11 is 0. The Morgan fingerprint density at radius 3 is 2.61 bits per heavy atom. The van der Waals surface area contributed by atoms with Gasteiger partial charge in [0, 0.05) is 18.2 Å². The maximum atomic E-state index is 13.0. The highest BCUT2D eigenvalue weighted by Crippen LogP contribution is 2.40. The summed E-state index contributed by atoms with van der Waals surface area (Å²) < 4.78 is 6.02. The number of anilines is 1. The van der Waals surface area contributed by atoms with Gasteiger partial charge in [-0.15, -0.1) is 0 Å². The minimum atomic E-state index is -0.620. The van der Waals surface area contributed by atoms with Gasteiger partial charge >= 0.3 is 0 Å². The molecule has 0 spiro atoms. The van der Waals surface area contributed by atoms with E-state index in [1.807, 2.05) is 55.5 Å². The minimum Gasteiger partial charge on any atom is -0.474 e. The summed E-state index contributed by atoms with van der Waals surface area (Å²) in [5.41, 5.74) is 8.69. The van der Waals surface area contributed by atoms with Gasteiger partial charge in [-0.2, -0.15) is 0 Å². The molecule has 2 N–H and O–H groups in total. The maximum absolute atomic E-state index is 13.0. The molecular weight excluding hydrogens is 288 g/mol. The molecule has 0 saturated heterocycles. The smallest absolute Gasteiger partial charge is 0.273 e. The lowest BCUT2D eigenvalue weighted by atomic mass is 10.0. The number of nitrogens with two attached hydrogens (primary N) is 1. The van der Waals surface area contributed by atoms with Crippen molar-refractivity contribution in [1.29, 1.82) is 0 Å².